The molecule has 0 spiro atoms. The van der Waals surface area contributed by atoms with Crippen LogP contribution in [0.1, 0.15) is 45.5 Å². The summed E-state index contributed by atoms with van der Waals surface area (Å²) in [4.78, 5) is 0. The van der Waals surface area contributed by atoms with E-state index < -0.39 is 43.3 Å². The predicted molar refractivity (Wildman–Crippen MR) is 121 cm³/mol. The minimum absolute atomic E-state index is 0.0646. The smallest absolute Gasteiger partial charge is 0.186 e. The highest BCUT2D eigenvalue weighted by Gasteiger charge is 2.55. The molecule has 4 unspecified atom stereocenters. The molecule has 0 saturated carbocycles. The number of hydrogen-bond acceptors (Lipinski definition) is 9. The Labute approximate surface area is 201 Å². The summed E-state index contributed by atoms with van der Waals surface area (Å²) in [6.07, 6.45) is -3.43. The van der Waals surface area contributed by atoms with E-state index in [4.69, 9.17) is 33.2 Å². The van der Waals surface area contributed by atoms with Gasteiger partial charge in [-0.25, -0.2) is 0 Å². The zero-order chi connectivity index (χ0) is 24.1. The van der Waals surface area contributed by atoms with Gasteiger partial charge in [-0.3, -0.25) is 0 Å². The van der Waals surface area contributed by atoms with Crippen molar-refractivity contribution in [2.45, 2.75) is 89.1 Å². The molecule has 0 aliphatic carbocycles. The number of epoxide rings is 1. The lowest BCUT2D eigenvalue weighted by Crippen LogP contribution is -2.49. The molecule has 3 saturated heterocycles. The summed E-state index contributed by atoms with van der Waals surface area (Å²) in [5.74, 6) is -0.0646. The molecule has 0 bridgehead atoms. The minimum Gasteiger partial charge on any atom is -0.385 e. The quantitative estimate of drug-likeness (QED) is 0.279. The zero-order valence-electron chi connectivity index (χ0n) is 20.2. The number of hydrogen-bond donors (Lipinski definition) is 2. The first-order valence-electron chi connectivity index (χ1n) is 12.3. The van der Waals surface area contributed by atoms with Crippen LogP contribution in [0.4, 0.5) is 0 Å². The van der Waals surface area contributed by atoms with Crippen LogP contribution >= 0.6 is 0 Å². The third-order valence-electron chi connectivity index (χ3n) is 6.45. The molecule has 3 heterocycles. The van der Waals surface area contributed by atoms with Crippen molar-refractivity contribution in [2.24, 2.45) is 5.92 Å². The fourth-order valence-electron chi connectivity index (χ4n) is 4.25. The Morgan fingerprint density at radius 1 is 1.03 bits per heavy atom. The Balaban J connectivity index is 1.39. The fourth-order valence-corrected chi connectivity index (χ4v) is 4.25. The summed E-state index contributed by atoms with van der Waals surface area (Å²) in [5.41, 5.74) is 0.938. The average Bonchev–Trinajstić information content (AvgIpc) is 3.65. The van der Waals surface area contributed by atoms with E-state index in [1.807, 2.05) is 44.2 Å². The molecule has 3 aliphatic rings. The molecule has 192 valence electrons. The van der Waals surface area contributed by atoms with Crippen molar-refractivity contribution in [2.75, 3.05) is 26.4 Å². The summed E-state index contributed by atoms with van der Waals surface area (Å²) in [6, 6.07) is 9.74. The molecule has 0 amide bonds. The Hall–Kier alpha value is -1.14. The highest BCUT2D eigenvalue weighted by atomic mass is 16.8. The Morgan fingerprint density at radius 3 is 2.56 bits per heavy atom. The first kappa shape index (κ1) is 25.9. The number of ether oxygens (including phenoxy) is 7. The number of aliphatic hydroxyl groups excluding tert-OH is 2. The van der Waals surface area contributed by atoms with Crippen molar-refractivity contribution in [1.82, 2.24) is 0 Å². The van der Waals surface area contributed by atoms with Gasteiger partial charge in [-0.2, -0.15) is 0 Å². The van der Waals surface area contributed by atoms with Gasteiger partial charge in [0.15, 0.2) is 18.9 Å². The molecule has 34 heavy (non-hydrogen) atoms. The monoisotopic (exact) mass is 482 g/mol. The van der Waals surface area contributed by atoms with Crippen LogP contribution in [-0.4, -0.2) is 85.8 Å². The van der Waals surface area contributed by atoms with Gasteiger partial charge >= 0.3 is 0 Å². The first-order valence-corrected chi connectivity index (χ1v) is 12.3. The second-order valence-electron chi connectivity index (χ2n) is 9.32. The number of unbranched alkanes of at least 4 members (excludes halogenated alkanes) is 1. The molecule has 0 aromatic heterocycles. The van der Waals surface area contributed by atoms with Gasteiger partial charge in [-0.15, -0.1) is 0 Å². The largest absolute Gasteiger partial charge is 0.385 e. The molecule has 4 rings (SSSR count). The molecule has 9 heteroatoms. The van der Waals surface area contributed by atoms with E-state index in [-0.39, 0.29) is 31.3 Å². The van der Waals surface area contributed by atoms with Crippen molar-refractivity contribution in [1.29, 1.82) is 0 Å². The molecule has 10 atom stereocenters. The summed E-state index contributed by atoms with van der Waals surface area (Å²) < 4.78 is 41.2. The van der Waals surface area contributed by atoms with E-state index >= 15 is 0 Å². The van der Waals surface area contributed by atoms with Gasteiger partial charge in [-0.1, -0.05) is 50.6 Å². The molecular formula is C25H38O9. The summed E-state index contributed by atoms with van der Waals surface area (Å²) in [5, 5.41) is 20.9. The second kappa shape index (κ2) is 12.2. The number of rotatable bonds is 11. The van der Waals surface area contributed by atoms with Crippen LogP contribution in [0.3, 0.4) is 0 Å². The maximum absolute atomic E-state index is 10.9. The van der Waals surface area contributed by atoms with E-state index in [0.717, 1.165) is 18.4 Å². The molecule has 3 aliphatic heterocycles. The Bertz CT molecular complexity index is 734. The molecular weight excluding hydrogens is 444 g/mol. The highest BCUT2D eigenvalue weighted by molar-refractivity contribution is 5.16. The zero-order valence-corrected chi connectivity index (χ0v) is 20.2. The van der Waals surface area contributed by atoms with Gasteiger partial charge in [0.05, 0.1) is 32.0 Å². The number of fused-ring (bicyclic) bond motifs is 1. The lowest BCUT2D eigenvalue weighted by Gasteiger charge is -2.38. The van der Waals surface area contributed by atoms with Crippen LogP contribution in [0.25, 0.3) is 0 Å². The van der Waals surface area contributed by atoms with E-state index in [1.54, 1.807) is 0 Å². The van der Waals surface area contributed by atoms with Crippen LogP contribution in [0.2, 0.25) is 0 Å². The van der Waals surface area contributed by atoms with Crippen molar-refractivity contribution in [3.8, 4) is 0 Å². The van der Waals surface area contributed by atoms with Crippen molar-refractivity contribution < 1.29 is 43.4 Å². The molecule has 1 aromatic carbocycles. The van der Waals surface area contributed by atoms with Crippen molar-refractivity contribution in [3.05, 3.63) is 35.9 Å². The summed E-state index contributed by atoms with van der Waals surface area (Å²) in [6.45, 7) is 7.20. The fraction of sp³-hybridized carbons (Fsp3) is 0.760. The predicted octanol–water partition coefficient (Wildman–Crippen LogP) is 2.15. The van der Waals surface area contributed by atoms with Crippen molar-refractivity contribution in [3.63, 3.8) is 0 Å². The van der Waals surface area contributed by atoms with E-state index in [2.05, 4.69) is 6.92 Å². The maximum Gasteiger partial charge on any atom is 0.186 e. The molecule has 2 N–H and O–H groups in total. The van der Waals surface area contributed by atoms with E-state index in [9.17, 15) is 10.2 Å². The Kier molecular flexibility index (Phi) is 9.31. The lowest BCUT2D eigenvalue weighted by atomic mass is 10.0. The van der Waals surface area contributed by atoms with Crippen LogP contribution in [-0.2, 0) is 33.2 Å². The van der Waals surface area contributed by atoms with Gasteiger partial charge in [0.2, 0.25) is 0 Å². The van der Waals surface area contributed by atoms with Crippen LogP contribution in [0.15, 0.2) is 30.3 Å². The maximum atomic E-state index is 10.9. The molecule has 1 aromatic rings. The van der Waals surface area contributed by atoms with Crippen LogP contribution < -0.4 is 0 Å². The van der Waals surface area contributed by atoms with E-state index in [0.29, 0.717) is 13.2 Å². The van der Waals surface area contributed by atoms with E-state index in [1.165, 1.54) is 0 Å². The topological polar surface area (TPSA) is 108 Å². The van der Waals surface area contributed by atoms with Gasteiger partial charge < -0.3 is 43.4 Å². The number of benzene rings is 1. The standard InChI is InChI=1S/C25H38O9/c1-4-5-11-28-13-18(26)25(34-20-15(2)12-29-23(27)22-21(20)33-22)32-19-14-30-24(31-16(19)3)17-9-7-6-8-10-17/h6-10,15-16,18-27H,4-5,11-14H2,1-3H3/t15-,16+,18+,19?,20?,21-,22-,23?,24?,25+/m1/s1. The van der Waals surface area contributed by atoms with Crippen LogP contribution in [0, 0.1) is 5.92 Å². The highest BCUT2D eigenvalue weighted by Crippen LogP contribution is 2.38. The second-order valence-corrected chi connectivity index (χ2v) is 9.32. The molecule has 0 radical (unpaired) electrons. The van der Waals surface area contributed by atoms with Gasteiger partial charge in [0.1, 0.15) is 24.4 Å². The van der Waals surface area contributed by atoms with Crippen LogP contribution in [0.5, 0.6) is 0 Å². The third-order valence-corrected chi connectivity index (χ3v) is 6.45. The minimum atomic E-state index is -1.02. The van der Waals surface area contributed by atoms with Crippen molar-refractivity contribution >= 4 is 0 Å². The summed E-state index contributed by atoms with van der Waals surface area (Å²) >= 11 is 0. The molecule has 3 fully saturated rings. The first-order chi connectivity index (χ1) is 16.5. The molecule has 9 nitrogen and oxygen atoms in total. The van der Waals surface area contributed by atoms with Gasteiger partial charge in [0, 0.05) is 18.1 Å². The SMILES string of the molecule is CCCCOC[C@H](O)[C@@H](OC1COC(c2ccccc2)O[C@H]1C)OC1[C@H](C)COC(O)[C@@H]2O[C@H]12. The normalized spacial score (nSPS) is 37.4. The lowest BCUT2D eigenvalue weighted by molar-refractivity contribution is -0.314. The third kappa shape index (κ3) is 6.54. The number of aliphatic hydroxyl groups is 2. The average molecular weight is 483 g/mol. The Morgan fingerprint density at radius 2 is 1.82 bits per heavy atom. The van der Waals surface area contributed by atoms with Gasteiger partial charge in [0.25, 0.3) is 0 Å². The van der Waals surface area contributed by atoms with Gasteiger partial charge in [-0.05, 0) is 13.3 Å². The summed E-state index contributed by atoms with van der Waals surface area (Å²) in [7, 11) is 0.